The lowest BCUT2D eigenvalue weighted by atomic mass is 9.82. The van der Waals surface area contributed by atoms with Crippen molar-refractivity contribution in [3.8, 4) is 0 Å². The van der Waals surface area contributed by atoms with Crippen LogP contribution in [0.25, 0.3) is 0 Å². The maximum Gasteiger partial charge on any atom is 0.335 e. The minimum atomic E-state index is -1.11. The van der Waals surface area contributed by atoms with Crippen molar-refractivity contribution in [1.29, 1.82) is 0 Å². The highest BCUT2D eigenvalue weighted by Gasteiger charge is 2.30. The van der Waals surface area contributed by atoms with Crippen molar-refractivity contribution in [2.45, 2.75) is 45.1 Å². The molecule has 0 saturated heterocycles. The van der Waals surface area contributed by atoms with Gasteiger partial charge in [0.15, 0.2) is 5.60 Å². The fraction of sp³-hybridized carbons (Fsp3) is 0.917. The number of carboxylic acid groups (broad SMARTS) is 1. The van der Waals surface area contributed by atoms with Gasteiger partial charge in [-0.15, -0.1) is 0 Å². The van der Waals surface area contributed by atoms with Crippen LogP contribution >= 0.6 is 0 Å². The summed E-state index contributed by atoms with van der Waals surface area (Å²) in [6, 6.07) is 0. The van der Waals surface area contributed by atoms with Gasteiger partial charge in [0.1, 0.15) is 0 Å². The highest BCUT2D eigenvalue weighted by Crippen LogP contribution is 2.29. The second kappa shape index (κ2) is 5.64. The number of carbonyl (C=O) groups is 1. The molecule has 1 fully saturated rings. The summed E-state index contributed by atoms with van der Waals surface area (Å²) in [7, 11) is 0. The van der Waals surface area contributed by atoms with Gasteiger partial charge in [0.2, 0.25) is 0 Å². The van der Waals surface area contributed by atoms with Crippen LogP contribution in [0.3, 0.4) is 0 Å². The third kappa shape index (κ3) is 3.76. The number of ether oxygens (including phenoxy) is 1. The fourth-order valence-corrected chi connectivity index (χ4v) is 2.11. The largest absolute Gasteiger partial charge is 0.479 e. The zero-order valence-electron chi connectivity index (χ0n) is 10.1. The normalized spacial score (nSPS) is 26.7. The molecule has 0 aliphatic heterocycles. The van der Waals surface area contributed by atoms with E-state index in [1.165, 1.54) is 0 Å². The van der Waals surface area contributed by atoms with Gasteiger partial charge in [-0.2, -0.15) is 0 Å². The standard InChI is InChI=1S/C12H22O4/c1-12(2,11(14)15)16-8-10-5-3-4-9(6-10)7-13/h9-10,13H,3-8H2,1-2H3,(H,14,15)/t9-,10+/m0/s1. The van der Waals surface area contributed by atoms with E-state index in [1.54, 1.807) is 13.8 Å². The third-order valence-corrected chi connectivity index (χ3v) is 3.34. The number of aliphatic hydroxyl groups excluding tert-OH is 1. The van der Waals surface area contributed by atoms with Gasteiger partial charge in [0.05, 0.1) is 6.61 Å². The molecule has 0 amide bonds. The van der Waals surface area contributed by atoms with E-state index in [0.29, 0.717) is 18.4 Å². The summed E-state index contributed by atoms with van der Waals surface area (Å²) in [6.45, 7) is 3.86. The van der Waals surface area contributed by atoms with Crippen molar-refractivity contribution in [2.24, 2.45) is 11.8 Å². The van der Waals surface area contributed by atoms with Crippen molar-refractivity contribution in [3.05, 3.63) is 0 Å². The van der Waals surface area contributed by atoms with Crippen LogP contribution in [-0.4, -0.2) is 35.0 Å². The predicted octanol–water partition coefficient (Wildman–Crippen LogP) is 1.66. The number of aliphatic carboxylic acids is 1. The van der Waals surface area contributed by atoms with Gasteiger partial charge in [-0.3, -0.25) is 0 Å². The Labute approximate surface area is 96.6 Å². The lowest BCUT2D eigenvalue weighted by molar-refractivity contribution is -0.163. The molecular formula is C12H22O4. The first-order valence-electron chi connectivity index (χ1n) is 5.94. The molecule has 1 saturated carbocycles. The topological polar surface area (TPSA) is 66.8 Å². The zero-order valence-corrected chi connectivity index (χ0v) is 10.1. The number of aliphatic hydroxyl groups is 1. The van der Waals surface area contributed by atoms with Crippen molar-refractivity contribution < 1.29 is 19.7 Å². The van der Waals surface area contributed by atoms with E-state index < -0.39 is 11.6 Å². The molecule has 1 rings (SSSR count). The molecule has 0 aromatic carbocycles. The maximum atomic E-state index is 10.8. The molecule has 0 spiro atoms. The molecular weight excluding hydrogens is 208 g/mol. The molecule has 0 aromatic heterocycles. The first-order chi connectivity index (χ1) is 7.45. The summed E-state index contributed by atoms with van der Waals surface area (Å²) < 4.78 is 5.44. The first kappa shape index (κ1) is 13.5. The molecule has 0 heterocycles. The summed E-state index contributed by atoms with van der Waals surface area (Å²) in [5.41, 5.74) is -1.11. The van der Waals surface area contributed by atoms with Crippen molar-refractivity contribution in [1.82, 2.24) is 0 Å². The Hall–Kier alpha value is -0.610. The molecule has 2 atom stereocenters. The lowest BCUT2D eigenvalue weighted by Crippen LogP contribution is -2.37. The molecule has 2 N–H and O–H groups in total. The van der Waals surface area contributed by atoms with E-state index in [0.717, 1.165) is 25.7 Å². The van der Waals surface area contributed by atoms with E-state index in [1.807, 2.05) is 0 Å². The maximum absolute atomic E-state index is 10.8. The number of hydrogen-bond donors (Lipinski definition) is 2. The predicted molar refractivity (Wildman–Crippen MR) is 60.2 cm³/mol. The average Bonchev–Trinajstić information content (AvgIpc) is 2.26. The van der Waals surface area contributed by atoms with Crippen LogP contribution in [0.1, 0.15) is 39.5 Å². The highest BCUT2D eigenvalue weighted by atomic mass is 16.5. The summed E-state index contributed by atoms with van der Waals surface area (Å²) >= 11 is 0. The Kier molecular flexibility index (Phi) is 4.74. The smallest absolute Gasteiger partial charge is 0.335 e. The summed E-state index contributed by atoms with van der Waals surface area (Å²) in [5, 5.41) is 18.0. The molecule has 0 unspecified atom stereocenters. The van der Waals surface area contributed by atoms with Gasteiger partial charge in [0, 0.05) is 6.61 Å². The van der Waals surface area contributed by atoms with Crippen LogP contribution in [0.2, 0.25) is 0 Å². The second-order valence-electron chi connectivity index (χ2n) is 5.21. The summed E-state index contributed by atoms with van der Waals surface area (Å²) in [5.74, 6) is -0.165. The van der Waals surface area contributed by atoms with E-state index in [2.05, 4.69) is 0 Å². The highest BCUT2D eigenvalue weighted by molar-refractivity contribution is 5.76. The van der Waals surface area contributed by atoms with Crippen LogP contribution in [0, 0.1) is 11.8 Å². The van der Waals surface area contributed by atoms with Crippen LogP contribution in [-0.2, 0) is 9.53 Å². The summed E-state index contributed by atoms with van der Waals surface area (Å²) in [4.78, 5) is 10.8. The Bertz CT molecular complexity index is 237. The number of carboxylic acids is 1. The number of hydrogen-bond acceptors (Lipinski definition) is 3. The van der Waals surface area contributed by atoms with E-state index in [4.69, 9.17) is 14.9 Å². The van der Waals surface area contributed by atoms with Gasteiger partial charge in [-0.25, -0.2) is 4.79 Å². The van der Waals surface area contributed by atoms with Crippen LogP contribution < -0.4 is 0 Å². The quantitative estimate of drug-likeness (QED) is 0.754. The Morgan fingerprint density at radius 2 is 2.00 bits per heavy atom. The van der Waals surface area contributed by atoms with Gasteiger partial charge in [-0.05, 0) is 44.9 Å². The van der Waals surface area contributed by atoms with E-state index >= 15 is 0 Å². The third-order valence-electron chi connectivity index (χ3n) is 3.34. The molecule has 1 aliphatic rings. The fourth-order valence-electron chi connectivity index (χ4n) is 2.11. The van der Waals surface area contributed by atoms with Crippen LogP contribution in [0.5, 0.6) is 0 Å². The molecule has 0 radical (unpaired) electrons. The Morgan fingerprint density at radius 1 is 1.38 bits per heavy atom. The van der Waals surface area contributed by atoms with Gasteiger partial charge in [0.25, 0.3) is 0 Å². The molecule has 4 nitrogen and oxygen atoms in total. The zero-order chi connectivity index (χ0) is 12.2. The Morgan fingerprint density at radius 3 is 2.56 bits per heavy atom. The van der Waals surface area contributed by atoms with Crippen LogP contribution in [0.15, 0.2) is 0 Å². The minimum absolute atomic E-state index is 0.235. The number of rotatable bonds is 5. The van der Waals surface area contributed by atoms with E-state index in [-0.39, 0.29) is 6.61 Å². The van der Waals surface area contributed by atoms with Gasteiger partial charge >= 0.3 is 5.97 Å². The molecule has 1 aliphatic carbocycles. The first-order valence-corrected chi connectivity index (χ1v) is 5.94. The second-order valence-corrected chi connectivity index (χ2v) is 5.21. The average molecular weight is 230 g/mol. The molecule has 16 heavy (non-hydrogen) atoms. The molecule has 0 bridgehead atoms. The monoisotopic (exact) mass is 230 g/mol. The van der Waals surface area contributed by atoms with Gasteiger partial charge < -0.3 is 14.9 Å². The van der Waals surface area contributed by atoms with Gasteiger partial charge in [-0.1, -0.05) is 6.42 Å². The SMILES string of the molecule is CC(C)(OC[C@@H]1CCC[C@H](CO)C1)C(=O)O. The van der Waals surface area contributed by atoms with E-state index in [9.17, 15) is 4.79 Å². The Balaban J connectivity index is 2.35. The summed E-state index contributed by atoms with van der Waals surface area (Å²) in [6.07, 6.45) is 4.21. The van der Waals surface area contributed by atoms with Crippen LogP contribution in [0.4, 0.5) is 0 Å². The molecule has 0 aromatic rings. The van der Waals surface area contributed by atoms with Crippen molar-refractivity contribution in [2.75, 3.05) is 13.2 Å². The lowest BCUT2D eigenvalue weighted by Gasteiger charge is -2.30. The molecule has 94 valence electrons. The minimum Gasteiger partial charge on any atom is -0.479 e. The molecule has 4 heteroatoms. The van der Waals surface area contributed by atoms with Crippen molar-refractivity contribution >= 4 is 5.97 Å². The van der Waals surface area contributed by atoms with Crippen molar-refractivity contribution in [3.63, 3.8) is 0 Å².